The van der Waals surface area contributed by atoms with Crippen LogP contribution in [0.4, 0.5) is 0 Å². The lowest BCUT2D eigenvalue weighted by atomic mass is 10.0. The number of ether oxygens (including phenoxy) is 4. The standard InChI is InChI=1S/C53H102O17P2/c1-7-9-11-13-14-15-16-25-31-37-52(57)69-48(41-63-50(55)35-29-21-12-10-8-2)43-67-71(59,60)65-39-47(54)40-66-72(61,62)68-44-49(70-53(58)38-32-26-20-18-23-28-34-46(5)6)42-64-51(56)36-30-24-19-17-22-27-33-45(3)4/h45-49,54H,7-44H2,1-6H3,(H,59,60)(H,61,62)/t47-,48+,49+/m0/s1. The summed E-state index contributed by atoms with van der Waals surface area (Å²) < 4.78 is 67.2. The van der Waals surface area contributed by atoms with Crippen LogP contribution >= 0.6 is 15.6 Å². The molecule has 426 valence electrons. The van der Waals surface area contributed by atoms with E-state index < -0.39 is 97.5 Å². The second-order valence-corrected chi connectivity index (χ2v) is 23.1. The van der Waals surface area contributed by atoms with Crippen molar-refractivity contribution in [2.24, 2.45) is 11.8 Å². The number of hydrogen-bond acceptors (Lipinski definition) is 15. The number of carbonyl (C=O) groups excluding carboxylic acids is 4. The fourth-order valence-corrected chi connectivity index (χ4v) is 9.17. The number of phosphoric acid groups is 2. The second-order valence-electron chi connectivity index (χ2n) is 20.2. The third-order valence-electron chi connectivity index (χ3n) is 12.0. The van der Waals surface area contributed by atoms with E-state index in [1.807, 2.05) is 0 Å². The molecule has 0 fully saturated rings. The molecule has 0 aromatic rings. The largest absolute Gasteiger partial charge is 0.472 e. The fourth-order valence-electron chi connectivity index (χ4n) is 7.59. The summed E-state index contributed by atoms with van der Waals surface area (Å²) in [5, 5.41) is 10.4. The zero-order valence-corrected chi connectivity index (χ0v) is 47.5. The van der Waals surface area contributed by atoms with E-state index in [1.54, 1.807) is 0 Å². The normalized spacial score (nSPS) is 14.7. The molecule has 0 aromatic carbocycles. The molecule has 0 saturated heterocycles. The molecule has 0 aliphatic carbocycles. The number of rotatable bonds is 52. The van der Waals surface area contributed by atoms with Gasteiger partial charge >= 0.3 is 39.5 Å². The maximum absolute atomic E-state index is 12.8. The lowest BCUT2D eigenvalue weighted by Crippen LogP contribution is -2.30. The Kier molecular flexibility index (Phi) is 45.1. The number of aliphatic hydroxyl groups is 1. The van der Waals surface area contributed by atoms with E-state index in [9.17, 15) is 43.2 Å². The fraction of sp³-hybridized carbons (Fsp3) is 0.925. The number of unbranched alkanes of at least 4 members (excludes halogenated alkanes) is 22. The minimum Gasteiger partial charge on any atom is -0.462 e. The Bertz CT molecular complexity index is 1450. The Morgan fingerprint density at radius 3 is 0.944 bits per heavy atom. The minimum absolute atomic E-state index is 0.101. The van der Waals surface area contributed by atoms with Crippen LogP contribution in [-0.4, -0.2) is 96.7 Å². The Balaban J connectivity index is 5.19. The van der Waals surface area contributed by atoms with E-state index in [1.165, 1.54) is 51.4 Å². The van der Waals surface area contributed by atoms with Gasteiger partial charge in [-0.1, -0.05) is 196 Å². The summed E-state index contributed by atoms with van der Waals surface area (Å²) in [6, 6.07) is 0. The van der Waals surface area contributed by atoms with Gasteiger partial charge in [-0.15, -0.1) is 0 Å². The molecule has 0 bridgehead atoms. The van der Waals surface area contributed by atoms with Gasteiger partial charge in [-0.25, -0.2) is 9.13 Å². The number of carbonyl (C=O) groups is 4. The van der Waals surface area contributed by atoms with E-state index in [0.29, 0.717) is 37.5 Å². The molecule has 19 heteroatoms. The summed E-state index contributed by atoms with van der Waals surface area (Å²) in [5.41, 5.74) is 0. The number of esters is 4. The zero-order valence-electron chi connectivity index (χ0n) is 45.7. The molecule has 17 nitrogen and oxygen atoms in total. The molecule has 72 heavy (non-hydrogen) atoms. The van der Waals surface area contributed by atoms with E-state index in [0.717, 1.165) is 103 Å². The topological polar surface area (TPSA) is 237 Å². The average Bonchev–Trinajstić information content (AvgIpc) is 3.32. The van der Waals surface area contributed by atoms with Crippen molar-refractivity contribution >= 4 is 39.5 Å². The minimum atomic E-state index is -4.93. The molecule has 5 atom stereocenters. The number of phosphoric ester groups is 2. The van der Waals surface area contributed by atoms with Gasteiger partial charge in [0.2, 0.25) is 0 Å². The first-order valence-electron chi connectivity index (χ1n) is 28.0. The quantitative estimate of drug-likeness (QED) is 0.0222. The van der Waals surface area contributed by atoms with Crippen LogP contribution in [0.3, 0.4) is 0 Å². The van der Waals surface area contributed by atoms with Crippen molar-refractivity contribution in [1.29, 1.82) is 0 Å². The van der Waals surface area contributed by atoms with E-state index in [4.69, 9.17) is 37.0 Å². The SMILES string of the molecule is CCCCCCCCCCCC(=O)O[C@H](COC(=O)CCCCCCC)COP(=O)(O)OC[C@H](O)COP(=O)(O)OC[C@@H](COC(=O)CCCCCCCCC(C)C)OC(=O)CCCCCCCCC(C)C. The van der Waals surface area contributed by atoms with Crippen LogP contribution in [0.5, 0.6) is 0 Å². The molecule has 0 amide bonds. The van der Waals surface area contributed by atoms with Crippen LogP contribution in [0.1, 0.15) is 247 Å². The van der Waals surface area contributed by atoms with Crippen molar-refractivity contribution in [2.75, 3.05) is 39.6 Å². The van der Waals surface area contributed by atoms with Gasteiger partial charge < -0.3 is 33.8 Å². The molecule has 0 saturated carbocycles. The van der Waals surface area contributed by atoms with Crippen LogP contribution in [0.2, 0.25) is 0 Å². The van der Waals surface area contributed by atoms with Gasteiger partial charge in [-0.3, -0.25) is 37.3 Å². The molecule has 0 aliphatic rings. The van der Waals surface area contributed by atoms with Crippen molar-refractivity contribution in [3.05, 3.63) is 0 Å². The number of aliphatic hydroxyl groups excluding tert-OH is 1. The van der Waals surface area contributed by atoms with Gasteiger partial charge in [0.05, 0.1) is 26.4 Å². The predicted molar refractivity (Wildman–Crippen MR) is 280 cm³/mol. The summed E-state index contributed by atoms with van der Waals surface area (Å²) in [4.78, 5) is 71.3. The van der Waals surface area contributed by atoms with Gasteiger partial charge in [0.1, 0.15) is 19.3 Å². The molecular formula is C53H102O17P2. The van der Waals surface area contributed by atoms with Crippen molar-refractivity contribution in [3.63, 3.8) is 0 Å². The van der Waals surface area contributed by atoms with Gasteiger partial charge in [0, 0.05) is 25.7 Å². The lowest BCUT2D eigenvalue weighted by molar-refractivity contribution is -0.161. The van der Waals surface area contributed by atoms with Crippen molar-refractivity contribution < 1.29 is 80.2 Å². The van der Waals surface area contributed by atoms with Crippen LogP contribution in [-0.2, 0) is 65.4 Å². The van der Waals surface area contributed by atoms with E-state index in [2.05, 4.69) is 41.5 Å². The first-order valence-corrected chi connectivity index (χ1v) is 31.0. The Morgan fingerprint density at radius 2 is 0.639 bits per heavy atom. The molecule has 0 radical (unpaired) electrons. The zero-order chi connectivity index (χ0) is 53.7. The third-order valence-corrected chi connectivity index (χ3v) is 13.9. The lowest BCUT2D eigenvalue weighted by Gasteiger charge is -2.21. The maximum atomic E-state index is 12.8. The van der Waals surface area contributed by atoms with Crippen molar-refractivity contribution in [3.8, 4) is 0 Å². The summed E-state index contributed by atoms with van der Waals surface area (Å²) >= 11 is 0. The van der Waals surface area contributed by atoms with Gasteiger partial charge in [0.25, 0.3) is 0 Å². The molecular weight excluding hydrogens is 971 g/mol. The van der Waals surface area contributed by atoms with Gasteiger partial charge in [-0.05, 0) is 37.5 Å². The first-order chi connectivity index (χ1) is 34.4. The molecule has 2 unspecified atom stereocenters. The molecule has 0 spiro atoms. The van der Waals surface area contributed by atoms with Crippen molar-refractivity contribution in [2.45, 2.75) is 265 Å². The van der Waals surface area contributed by atoms with Crippen molar-refractivity contribution in [1.82, 2.24) is 0 Å². The summed E-state index contributed by atoms with van der Waals surface area (Å²) in [5.74, 6) is -0.819. The van der Waals surface area contributed by atoms with E-state index in [-0.39, 0.29) is 25.7 Å². The highest BCUT2D eigenvalue weighted by molar-refractivity contribution is 7.47. The molecule has 0 rings (SSSR count). The van der Waals surface area contributed by atoms with E-state index >= 15 is 0 Å². The Hall–Kier alpha value is -1.94. The predicted octanol–water partition coefficient (Wildman–Crippen LogP) is 13.4. The van der Waals surface area contributed by atoms with Crippen LogP contribution in [0.15, 0.2) is 0 Å². The van der Waals surface area contributed by atoms with Crippen LogP contribution in [0, 0.1) is 11.8 Å². The van der Waals surface area contributed by atoms with Gasteiger partial charge in [0.15, 0.2) is 12.2 Å². The first kappa shape index (κ1) is 70.1. The summed E-state index contributed by atoms with van der Waals surface area (Å²) in [6.07, 6.45) is 24.6. The monoisotopic (exact) mass is 1070 g/mol. The molecule has 3 N–H and O–H groups in total. The maximum Gasteiger partial charge on any atom is 0.472 e. The Labute approximate surface area is 435 Å². The molecule has 0 aromatic heterocycles. The Morgan fingerprint density at radius 1 is 0.375 bits per heavy atom. The van der Waals surface area contributed by atoms with Gasteiger partial charge in [-0.2, -0.15) is 0 Å². The summed E-state index contributed by atoms with van der Waals surface area (Å²) in [6.45, 7) is 9.12. The number of hydrogen-bond donors (Lipinski definition) is 3. The van der Waals surface area contributed by atoms with Crippen LogP contribution in [0.25, 0.3) is 0 Å². The average molecular weight is 1070 g/mol. The molecule has 0 aliphatic heterocycles. The highest BCUT2D eigenvalue weighted by Gasteiger charge is 2.30. The molecule has 0 heterocycles. The summed E-state index contributed by atoms with van der Waals surface area (Å²) in [7, 11) is -9.85. The highest BCUT2D eigenvalue weighted by Crippen LogP contribution is 2.45. The second kappa shape index (κ2) is 46.4. The smallest absolute Gasteiger partial charge is 0.462 e. The highest BCUT2D eigenvalue weighted by atomic mass is 31.2. The third kappa shape index (κ3) is 47.8. The van der Waals surface area contributed by atoms with Crippen LogP contribution < -0.4 is 0 Å².